The number of rotatable bonds is 7. The van der Waals surface area contributed by atoms with Gasteiger partial charge in [-0.2, -0.15) is 0 Å². The van der Waals surface area contributed by atoms with Gasteiger partial charge in [0.15, 0.2) is 0 Å². The summed E-state index contributed by atoms with van der Waals surface area (Å²) < 4.78 is 5.47. The van der Waals surface area contributed by atoms with Gasteiger partial charge < -0.3 is 20.3 Å². The van der Waals surface area contributed by atoms with Gasteiger partial charge >= 0.3 is 0 Å². The molecule has 0 aliphatic carbocycles. The second-order valence-corrected chi connectivity index (χ2v) is 6.88. The highest BCUT2D eigenvalue weighted by Gasteiger charge is 2.23. The second kappa shape index (κ2) is 8.97. The SMILES string of the molecule is C=CCNC(=O)c1ccc(NC2CCN(CC3CCOC3)CC2)nc1. The number of ether oxygens (including phenoxy) is 1. The molecule has 2 fully saturated rings. The van der Waals surface area contributed by atoms with Crippen LogP contribution < -0.4 is 10.6 Å². The Morgan fingerprint density at radius 3 is 2.84 bits per heavy atom. The predicted octanol–water partition coefficient (Wildman–Crippen LogP) is 1.91. The number of carbonyl (C=O) groups excluding carboxylic acids is 1. The van der Waals surface area contributed by atoms with Crippen LogP contribution in [-0.4, -0.2) is 61.2 Å². The van der Waals surface area contributed by atoms with Crippen molar-refractivity contribution in [2.45, 2.75) is 25.3 Å². The van der Waals surface area contributed by atoms with Crippen LogP contribution in [0.25, 0.3) is 0 Å². The van der Waals surface area contributed by atoms with Crippen molar-refractivity contribution < 1.29 is 9.53 Å². The number of pyridine rings is 1. The maximum Gasteiger partial charge on any atom is 0.253 e. The number of nitrogens with zero attached hydrogens (tertiary/aromatic N) is 2. The highest BCUT2D eigenvalue weighted by atomic mass is 16.5. The lowest BCUT2D eigenvalue weighted by molar-refractivity contribution is 0.0957. The molecular weight excluding hydrogens is 316 g/mol. The Labute approximate surface area is 149 Å². The van der Waals surface area contributed by atoms with Crippen LogP contribution >= 0.6 is 0 Å². The number of carbonyl (C=O) groups is 1. The van der Waals surface area contributed by atoms with Crippen LogP contribution in [0.5, 0.6) is 0 Å². The van der Waals surface area contributed by atoms with Gasteiger partial charge in [0.05, 0.1) is 12.2 Å². The molecule has 3 heterocycles. The van der Waals surface area contributed by atoms with Crippen LogP contribution in [0.3, 0.4) is 0 Å². The van der Waals surface area contributed by atoms with Crippen LogP contribution in [-0.2, 0) is 4.74 Å². The molecule has 0 radical (unpaired) electrons. The van der Waals surface area contributed by atoms with Gasteiger partial charge in [0, 0.05) is 45.0 Å². The summed E-state index contributed by atoms with van der Waals surface area (Å²) in [6.45, 7) is 9.31. The van der Waals surface area contributed by atoms with E-state index < -0.39 is 0 Å². The van der Waals surface area contributed by atoms with Gasteiger partial charge in [0.2, 0.25) is 0 Å². The molecule has 1 amide bonds. The molecule has 2 aliphatic rings. The summed E-state index contributed by atoms with van der Waals surface area (Å²) in [5.74, 6) is 1.43. The maximum absolute atomic E-state index is 11.8. The summed E-state index contributed by atoms with van der Waals surface area (Å²) in [5.41, 5.74) is 0.570. The summed E-state index contributed by atoms with van der Waals surface area (Å²) in [7, 11) is 0. The third kappa shape index (κ3) is 5.28. The van der Waals surface area contributed by atoms with Gasteiger partial charge in [-0.1, -0.05) is 6.08 Å². The zero-order valence-electron chi connectivity index (χ0n) is 14.7. The molecule has 0 aromatic carbocycles. The van der Waals surface area contributed by atoms with E-state index in [9.17, 15) is 4.79 Å². The first-order chi connectivity index (χ1) is 12.2. The monoisotopic (exact) mass is 344 g/mol. The van der Waals surface area contributed by atoms with E-state index in [0.717, 1.165) is 45.0 Å². The zero-order valence-corrected chi connectivity index (χ0v) is 14.7. The van der Waals surface area contributed by atoms with E-state index in [1.54, 1.807) is 12.3 Å². The molecule has 1 atom stereocenters. The van der Waals surface area contributed by atoms with Crippen molar-refractivity contribution in [3.8, 4) is 0 Å². The lowest BCUT2D eigenvalue weighted by Gasteiger charge is -2.33. The Kier molecular flexibility index (Phi) is 6.42. The number of hydrogen-bond acceptors (Lipinski definition) is 5. The highest BCUT2D eigenvalue weighted by molar-refractivity contribution is 5.94. The molecule has 25 heavy (non-hydrogen) atoms. The van der Waals surface area contributed by atoms with Gasteiger partial charge in [0.25, 0.3) is 5.91 Å². The summed E-state index contributed by atoms with van der Waals surface area (Å²) >= 11 is 0. The van der Waals surface area contributed by atoms with E-state index in [1.165, 1.54) is 13.0 Å². The number of likely N-dealkylation sites (tertiary alicyclic amines) is 1. The van der Waals surface area contributed by atoms with Crippen molar-refractivity contribution >= 4 is 11.7 Å². The first kappa shape index (κ1) is 17.9. The highest BCUT2D eigenvalue weighted by Crippen LogP contribution is 2.19. The summed E-state index contributed by atoms with van der Waals surface area (Å²) in [5, 5.41) is 6.25. The Morgan fingerprint density at radius 1 is 1.36 bits per heavy atom. The van der Waals surface area contributed by atoms with Gasteiger partial charge in [0.1, 0.15) is 5.82 Å². The number of aromatic nitrogens is 1. The number of amides is 1. The van der Waals surface area contributed by atoms with Crippen molar-refractivity contribution in [1.29, 1.82) is 0 Å². The van der Waals surface area contributed by atoms with E-state index in [-0.39, 0.29) is 5.91 Å². The molecule has 1 aromatic rings. The van der Waals surface area contributed by atoms with E-state index in [2.05, 4.69) is 27.1 Å². The normalized spacial score (nSPS) is 21.8. The first-order valence-corrected chi connectivity index (χ1v) is 9.16. The third-order valence-electron chi connectivity index (χ3n) is 4.91. The Morgan fingerprint density at radius 2 is 2.20 bits per heavy atom. The molecule has 6 nitrogen and oxygen atoms in total. The van der Waals surface area contributed by atoms with Gasteiger partial charge in [-0.05, 0) is 37.3 Å². The largest absolute Gasteiger partial charge is 0.381 e. The van der Waals surface area contributed by atoms with E-state index in [4.69, 9.17) is 4.74 Å². The minimum atomic E-state index is -0.122. The predicted molar refractivity (Wildman–Crippen MR) is 98.8 cm³/mol. The molecule has 2 N–H and O–H groups in total. The van der Waals surface area contributed by atoms with Crippen molar-refractivity contribution in [3.05, 3.63) is 36.5 Å². The number of piperidine rings is 1. The average molecular weight is 344 g/mol. The van der Waals surface area contributed by atoms with Gasteiger partial charge in [-0.3, -0.25) is 4.79 Å². The molecule has 0 spiro atoms. The lowest BCUT2D eigenvalue weighted by Crippen LogP contribution is -2.41. The Balaban J connectivity index is 1.42. The molecule has 1 aromatic heterocycles. The van der Waals surface area contributed by atoms with Crippen molar-refractivity contribution in [3.63, 3.8) is 0 Å². The number of hydrogen-bond donors (Lipinski definition) is 2. The molecule has 0 bridgehead atoms. The van der Waals surface area contributed by atoms with Crippen LogP contribution in [0.4, 0.5) is 5.82 Å². The Hall–Kier alpha value is -1.92. The van der Waals surface area contributed by atoms with Crippen LogP contribution in [0, 0.1) is 5.92 Å². The second-order valence-electron chi connectivity index (χ2n) is 6.88. The lowest BCUT2D eigenvalue weighted by atomic mass is 10.0. The fourth-order valence-electron chi connectivity index (χ4n) is 3.44. The average Bonchev–Trinajstić information content (AvgIpc) is 3.15. The van der Waals surface area contributed by atoms with E-state index in [0.29, 0.717) is 24.1 Å². The maximum atomic E-state index is 11.8. The van der Waals surface area contributed by atoms with Crippen LogP contribution in [0.2, 0.25) is 0 Å². The van der Waals surface area contributed by atoms with E-state index >= 15 is 0 Å². The number of anilines is 1. The quantitative estimate of drug-likeness (QED) is 0.740. The standard InChI is InChI=1S/C19H28N4O2/c1-2-8-20-19(24)16-3-4-18(21-12-16)22-17-5-9-23(10-6-17)13-15-7-11-25-14-15/h2-4,12,15,17H,1,5-11,13-14H2,(H,20,24)(H,21,22). The van der Waals surface area contributed by atoms with Gasteiger partial charge in [-0.25, -0.2) is 4.98 Å². The molecule has 1 unspecified atom stereocenters. The van der Waals surface area contributed by atoms with Crippen molar-refractivity contribution in [2.24, 2.45) is 5.92 Å². The molecule has 136 valence electrons. The summed E-state index contributed by atoms with van der Waals surface area (Å²) in [6.07, 6.45) is 6.73. The minimum Gasteiger partial charge on any atom is -0.381 e. The zero-order chi connectivity index (χ0) is 17.5. The molecule has 6 heteroatoms. The third-order valence-corrected chi connectivity index (χ3v) is 4.91. The van der Waals surface area contributed by atoms with Crippen molar-refractivity contribution in [1.82, 2.24) is 15.2 Å². The minimum absolute atomic E-state index is 0.122. The smallest absolute Gasteiger partial charge is 0.253 e. The molecule has 2 aliphatic heterocycles. The van der Waals surface area contributed by atoms with Crippen LogP contribution in [0.1, 0.15) is 29.6 Å². The summed E-state index contributed by atoms with van der Waals surface area (Å²) in [6, 6.07) is 4.14. The molecule has 2 saturated heterocycles. The van der Waals surface area contributed by atoms with Crippen molar-refractivity contribution in [2.75, 3.05) is 44.7 Å². The summed E-state index contributed by atoms with van der Waals surface area (Å²) in [4.78, 5) is 18.8. The van der Waals surface area contributed by atoms with Crippen LogP contribution in [0.15, 0.2) is 31.0 Å². The van der Waals surface area contributed by atoms with Gasteiger partial charge in [-0.15, -0.1) is 6.58 Å². The topological polar surface area (TPSA) is 66.5 Å². The fraction of sp³-hybridized carbons (Fsp3) is 0.579. The first-order valence-electron chi connectivity index (χ1n) is 9.16. The fourth-order valence-corrected chi connectivity index (χ4v) is 3.44. The molecular formula is C19H28N4O2. The number of nitrogens with one attached hydrogen (secondary N) is 2. The molecule has 3 rings (SSSR count). The molecule has 0 saturated carbocycles. The Bertz CT molecular complexity index is 561. The van der Waals surface area contributed by atoms with E-state index in [1.807, 2.05) is 12.1 Å².